The van der Waals surface area contributed by atoms with Gasteiger partial charge in [0.2, 0.25) is 5.91 Å². The van der Waals surface area contributed by atoms with Crippen LogP contribution >= 0.6 is 11.8 Å². The second-order valence-corrected chi connectivity index (χ2v) is 9.02. The van der Waals surface area contributed by atoms with Crippen LogP contribution in [0.15, 0.2) is 108 Å². The molecule has 6 nitrogen and oxygen atoms in total. The van der Waals surface area contributed by atoms with Crippen molar-refractivity contribution < 1.29 is 19.1 Å². The van der Waals surface area contributed by atoms with Crippen molar-refractivity contribution in [2.75, 3.05) is 24.9 Å². The van der Waals surface area contributed by atoms with Crippen LogP contribution in [0.3, 0.4) is 0 Å². The minimum Gasteiger partial charge on any atom is -0.497 e. The van der Waals surface area contributed by atoms with Gasteiger partial charge in [-0.2, -0.15) is 0 Å². The number of hydrogen-bond donors (Lipinski definition) is 2. The fourth-order valence-electron chi connectivity index (χ4n) is 3.53. The number of anilines is 2. The Hall–Kier alpha value is -4.23. The van der Waals surface area contributed by atoms with E-state index in [0.29, 0.717) is 28.4 Å². The Kier molecular flexibility index (Phi) is 8.26. The molecule has 7 heteroatoms. The molecule has 0 spiro atoms. The molecule has 4 rings (SSSR count). The highest BCUT2D eigenvalue weighted by atomic mass is 32.2. The summed E-state index contributed by atoms with van der Waals surface area (Å²) in [5.41, 5.74) is 2.71. The van der Waals surface area contributed by atoms with Crippen LogP contribution in [0.1, 0.15) is 21.2 Å². The van der Waals surface area contributed by atoms with Crippen molar-refractivity contribution >= 4 is 35.0 Å². The van der Waals surface area contributed by atoms with Crippen LogP contribution in [0.5, 0.6) is 11.5 Å². The molecule has 0 aliphatic heterocycles. The highest BCUT2D eigenvalue weighted by Gasteiger charge is 2.22. The molecule has 0 bridgehead atoms. The van der Waals surface area contributed by atoms with E-state index in [2.05, 4.69) is 10.6 Å². The van der Waals surface area contributed by atoms with Gasteiger partial charge in [0.15, 0.2) is 0 Å². The Morgan fingerprint density at radius 3 is 2.06 bits per heavy atom. The lowest BCUT2D eigenvalue weighted by Crippen LogP contribution is -2.19. The zero-order chi connectivity index (χ0) is 25.3. The summed E-state index contributed by atoms with van der Waals surface area (Å²) in [7, 11) is 3.15. The lowest BCUT2D eigenvalue weighted by atomic mass is 10.1. The SMILES string of the molecule is COc1cccc(NC(=O)C(Sc2ccc(NC(=O)c3cccc(OC)c3)cc2)c2ccccc2)c1. The molecule has 1 atom stereocenters. The summed E-state index contributed by atoms with van der Waals surface area (Å²) < 4.78 is 10.5. The summed E-state index contributed by atoms with van der Waals surface area (Å²) in [6.45, 7) is 0. The number of methoxy groups -OCH3 is 2. The van der Waals surface area contributed by atoms with E-state index in [4.69, 9.17) is 9.47 Å². The van der Waals surface area contributed by atoms with Crippen molar-refractivity contribution in [2.24, 2.45) is 0 Å². The molecule has 2 N–H and O–H groups in total. The van der Waals surface area contributed by atoms with Gasteiger partial charge >= 0.3 is 0 Å². The molecule has 182 valence electrons. The van der Waals surface area contributed by atoms with Gasteiger partial charge in [-0.3, -0.25) is 9.59 Å². The molecule has 0 aliphatic carbocycles. The number of nitrogens with one attached hydrogen (secondary N) is 2. The molecule has 0 aliphatic rings. The third kappa shape index (κ3) is 6.46. The third-order valence-electron chi connectivity index (χ3n) is 5.38. The van der Waals surface area contributed by atoms with E-state index >= 15 is 0 Å². The highest BCUT2D eigenvalue weighted by Crippen LogP contribution is 2.37. The standard InChI is InChI=1S/C29H26N2O4S/c1-34-24-12-6-10-21(18-24)28(32)30-22-14-16-26(17-15-22)36-27(20-8-4-3-5-9-20)29(33)31-23-11-7-13-25(19-23)35-2/h3-19,27H,1-2H3,(H,30,32)(H,31,33). The predicted molar refractivity (Wildman–Crippen MR) is 144 cm³/mol. The van der Waals surface area contributed by atoms with E-state index in [1.165, 1.54) is 11.8 Å². The number of benzene rings is 4. The molecule has 0 heterocycles. The number of hydrogen-bond acceptors (Lipinski definition) is 5. The summed E-state index contributed by atoms with van der Waals surface area (Å²) in [6.07, 6.45) is 0. The second kappa shape index (κ2) is 12.0. The van der Waals surface area contributed by atoms with Gasteiger partial charge in [-0.15, -0.1) is 11.8 Å². The molecule has 0 fully saturated rings. The summed E-state index contributed by atoms with van der Waals surface area (Å²) in [5, 5.41) is 5.41. The van der Waals surface area contributed by atoms with Crippen LogP contribution in [-0.2, 0) is 4.79 Å². The van der Waals surface area contributed by atoms with Crippen molar-refractivity contribution in [3.05, 3.63) is 114 Å². The molecular formula is C29H26N2O4S. The van der Waals surface area contributed by atoms with Gasteiger partial charge in [-0.25, -0.2) is 0 Å². The first-order valence-electron chi connectivity index (χ1n) is 11.3. The Labute approximate surface area is 214 Å². The van der Waals surface area contributed by atoms with Gasteiger partial charge in [0.05, 0.1) is 14.2 Å². The largest absolute Gasteiger partial charge is 0.497 e. The number of carbonyl (C=O) groups excluding carboxylic acids is 2. The monoisotopic (exact) mass is 498 g/mol. The maximum absolute atomic E-state index is 13.3. The molecule has 4 aromatic carbocycles. The lowest BCUT2D eigenvalue weighted by Gasteiger charge is -2.18. The van der Waals surface area contributed by atoms with Gasteiger partial charge in [0.1, 0.15) is 16.7 Å². The Morgan fingerprint density at radius 1 is 0.694 bits per heavy atom. The molecule has 4 aromatic rings. The molecule has 1 unspecified atom stereocenters. The Bertz CT molecular complexity index is 1330. The Morgan fingerprint density at radius 2 is 1.36 bits per heavy atom. The number of amides is 2. The second-order valence-electron chi connectivity index (χ2n) is 7.84. The van der Waals surface area contributed by atoms with Crippen LogP contribution in [-0.4, -0.2) is 26.0 Å². The minimum atomic E-state index is -0.477. The Balaban J connectivity index is 1.48. The fraction of sp³-hybridized carbons (Fsp3) is 0.103. The van der Waals surface area contributed by atoms with Crippen LogP contribution in [0, 0.1) is 0 Å². The lowest BCUT2D eigenvalue weighted by molar-refractivity contribution is -0.115. The topological polar surface area (TPSA) is 76.7 Å². The summed E-state index contributed by atoms with van der Waals surface area (Å²) in [5.74, 6) is 0.917. The van der Waals surface area contributed by atoms with E-state index in [1.807, 2.05) is 72.8 Å². The van der Waals surface area contributed by atoms with Crippen LogP contribution in [0.25, 0.3) is 0 Å². The average molecular weight is 499 g/mol. The quantitative estimate of drug-likeness (QED) is 0.260. The van der Waals surface area contributed by atoms with Gasteiger partial charge in [-0.05, 0) is 60.2 Å². The third-order valence-corrected chi connectivity index (χ3v) is 6.64. The zero-order valence-corrected chi connectivity index (χ0v) is 20.8. The molecule has 0 saturated heterocycles. The average Bonchev–Trinajstić information content (AvgIpc) is 2.93. The number of rotatable bonds is 9. The van der Waals surface area contributed by atoms with E-state index in [9.17, 15) is 9.59 Å². The first-order chi connectivity index (χ1) is 17.6. The molecular weight excluding hydrogens is 472 g/mol. The van der Waals surface area contributed by atoms with Crippen molar-refractivity contribution in [1.29, 1.82) is 0 Å². The van der Waals surface area contributed by atoms with E-state index in [-0.39, 0.29) is 11.8 Å². The zero-order valence-electron chi connectivity index (χ0n) is 19.9. The fourth-order valence-corrected chi connectivity index (χ4v) is 4.55. The van der Waals surface area contributed by atoms with E-state index < -0.39 is 5.25 Å². The first-order valence-corrected chi connectivity index (χ1v) is 12.2. The normalized spacial score (nSPS) is 11.3. The molecule has 2 amide bonds. The minimum absolute atomic E-state index is 0.144. The van der Waals surface area contributed by atoms with Gasteiger partial charge in [0, 0.05) is 27.9 Å². The van der Waals surface area contributed by atoms with Crippen molar-refractivity contribution in [1.82, 2.24) is 0 Å². The molecule has 36 heavy (non-hydrogen) atoms. The molecule has 0 saturated carbocycles. The van der Waals surface area contributed by atoms with Crippen molar-refractivity contribution in [3.8, 4) is 11.5 Å². The van der Waals surface area contributed by atoms with Crippen molar-refractivity contribution in [3.63, 3.8) is 0 Å². The van der Waals surface area contributed by atoms with E-state index in [1.54, 1.807) is 44.6 Å². The van der Waals surface area contributed by atoms with Crippen LogP contribution < -0.4 is 20.1 Å². The summed E-state index contributed by atoms with van der Waals surface area (Å²) in [6, 6.07) is 31.3. The predicted octanol–water partition coefficient (Wildman–Crippen LogP) is 6.43. The van der Waals surface area contributed by atoms with Gasteiger partial charge < -0.3 is 20.1 Å². The maximum atomic E-state index is 13.3. The van der Waals surface area contributed by atoms with E-state index in [0.717, 1.165) is 10.5 Å². The smallest absolute Gasteiger partial charge is 0.255 e. The summed E-state index contributed by atoms with van der Waals surface area (Å²) in [4.78, 5) is 26.8. The van der Waals surface area contributed by atoms with Gasteiger partial charge in [-0.1, -0.05) is 42.5 Å². The maximum Gasteiger partial charge on any atom is 0.255 e. The molecule has 0 aromatic heterocycles. The molecule has 0 radical (unpaired) electrons. The first kappa shape index (κ1) is 24.9. The number of carbonyl (C=O) groups is 2. The number of thioether (sulfide) groups is 1. The summed E-state index contributed by atoms with van der Waals surface area (Å²) >= 11 is 1.44. The van der Waals surface area contributed by atoms with Gasteiger partial charge in [0.25, 0.3) is 5.91 Å². The van der Waals surface area contributed by atoms with Crippen LogP contribution in [0.4, 0.5) is 11.4 Å². The van der Waals surface area contributed by atoms with Crippen molar-refractivity contribution in [2.45, 2.75) is 10.1 Å². The highest BCUT2D eigenvalue weighted by molar-refractivity contribution is 8.00. The van der Waals surface area contributed by atoms with Crippen LogP contribution in [0.2, 0.25) is 0 Å². The number of ether oxygens (including phenoxy) is 2.